The molecule has 0 amide bonds. The third kappa shape index (κ3) is 4.88. The van der Waals surface area contributed by atoms with Gasteiger partial charge in [-0.3, -0.25) is 0 Å². The predicted molar refractivity (Wildman–Crippen MR) is 89.2 cm³/mol. The molecule has 0 aliphatic carbocycles. The summed E-state index contributed by atoms with van der Waals surface area (Å²) in [7, 11) is -8.81. The van der Waals surface area contributed by atoms with E-state index in [0.29, 0.717) is 16.5 Å². The lowest BCUT2D eigenvalue weighted by Crippen LogP contribution is -2.11. The molecule has 0 radical (unpaired) electrons. The Balaban J connectivity index is 2.21. The third-order valence-corrected chi connectivity index (χ3v) is 5.61. The molecular weight excluding hydrogens is 336 g/mol. The highest BCUT2D eigenvalue weighted by Crippen LogP contribution is 2.17. The molecule has 0 N–H and O–H groups in total. The van der Waals surface area contributed by atoms with Gasteiger partial charge in [0.2, 0.25) is 0 Å². The summed E-state index contributed by atoms with van der Waals surface area (Å²) in [5, 5.41) is 0.706. The summed E-state index contributed by atoms with van der Waals surface area (Å²) in [6.45, 7) is 3.55. The molecule has 0 atom stereocenters. The van der Waals surface area contributed by atoms with Crippen molar-refractivity contribution in [2.24, 2.45) is 0 Å². The zero-order valence-corrected chi connectivity index (χ0v) is 13.6. The highest BCUT2D eigenvalue weighted by atomic mass is 32.3. The summed E-state index contributed by atoms with van der Waals surface area (Å²) in [5.41, 5.74) is 1.31. The summed E-state index contributed by atoms with van der Waals surface area (Å²) in [6.07, 6.45) is 2.79. The Morgan fingerprint density at radius 3 is 2.00 bits per heavy atom. The Hall–Kier alpha value is -2.22. The first-order valence-corrected chi connectivity index (χ1v) is 9.37. The van der Waals surface area contributed by atoms with E-state index < -0.39 is 20.2 Å². The zero-order chi connectivity index (χ0) is 16.9. The summed E-state index contributed by atoms with van der Waals surface area (Å²) in [4.78, 5) is -0.250. The van der Waals surface area contributed by atoms with E-state index in [2.05, 4.69) is 10.2 Å². The Morgan fingerprint density at radius 2 is 1.43 bits per heavy atom. The highest BCUT2D eigenvalue weighted by Gasteiger charge is 2.22. The number of benzene rings is 2. The second-order valence-electron chi connectivity index (χ2n) is 4.50. The minimum absolute atomic E-state index is 0.250. The second kappa shape index (κ2) is 6.91. The predicted octanol–water partition coefficient (Wildman–Crippen LogP) is 3.04. The normalized spacial score (nSPS) is 12.3. The molecule has 0 aliphatic heterocycles. The first kappa shape index (κ1) is 17.1. The van der Waals surface area contributed by atoms with E-state index in [9.17, 15) is 16.8 Å². The zero-order valence-electron chi connectivity index (χ0n) is 12.0. The molecule has 2 aromatic carbocycles. The fraction of sp³-hybridized carbons (Fsp3) is 0. The smallest absolute Gasteiger partial charge is 0.193 e. The van der Waals surface area contributed by atoms with Gasteiger partial charge >= 0.3 is 20.2 Å². The number of hydrogen-bond acceptors (Lipinski definition) is 5. The fourth-order valence-electron chi connectivity index (χ4n) is 1.68. The maximum absolute atomic E-state index is 12.0. The van der Waals surface area contributed by atoms with Crippen LogP contribution in [0.4, 0.5) is 0 Å². The van der Waals surface area contributed by atoms with Crippen LogP contribution >= 0.6 is 0 Å². The SMILES string of the molecule is C=Cc1ccc(S(=O)(=O)OS(=O)(=O)C=Cc2ccccc2)cc1. The first-order valence-electron chi connectivity index (χ1n) is 6.49. The second-order valence-corrected chi connectivity index (χ2v) is 7.68. The summed E-state index contributed by atoms with van der Waals surface area (Å²) >= 11 is 0. The average molecular weight is 350 g/mol. The summed E-state index contributed by atoms with van der Waals surface area (Å²) in [6, 6.07) is 14.1. The standard InChI is InChI=1S/C16H14O5S2/c1-2-14-8-10-16(11-9-14)23(19,20)21-22(17,18)13-12-15-6-4-3-5-7-15/h2-13H,1H2. The molecule has 0 spiro atoms. The Labute approximate surface area is 135 Å². The van der Waals surface area contributed by atoms with Crippen molar-refractivity contribution in [2.45, 2.75) is 4.90 Å². The van der Waals surface area contributed by atoms with Crippen LogP contribution in [0, 0.1) is 0 Å². The van der Waals surface area contributed by atoms with Crippen LogP contribution in [0.15, 0.2) is 71.5 Å². The van der Waals surface area contributed by atoms with Gasteiger partial charge in [-0.15, -0.1) is 3.63 Å². The van der Waals surface area contributed by atoms with Gasteiger partial charge in [0.15, 0.2) is 0 Å². The molecule has 2 rings (SSSR count). The Bertz CT molecular complexity index is 910. The Morgan fingerprint density at radius 1 is 0.826 bits per heavy atom. The highest BCUT2D eigenvalue weighted by molar-refractivity contribution is 8.01. The van der Waals surface area contributed by atoms with Crippen LogP contribution in [-0.2, 0) is 23.9 Å². The van der Waals surface area contributed by atoms with Crippen LogP contribution in [0.2, 0.25) is 0 Å². The molecule has 0 aliphatic rings. The monoisotopic (exact) mass is 350 g/mol. The molecular formula is C16H14O5S2. The van der Waals surface area contributed by atoms with E-state index in [1.165, 1.54) is 36.4 Å². The van der Waals surface area contributed by atoms with Gasteiger partial charge in [-0.25, -0.2) is 0 Å². The van der Waals surface area contributed by atoms with Gasteiger partial charge in [-0.2, -0.15) is 16.8 Å². The van der Waals surface area contributed by atoms with Crippen LogP contribution in [0.1, 0.15) is 11.1 Å². The lowest BCUT2D eigenvalue weighted by molar-refractivity contribution is 0.469. The van der Waals surface area contributed by atoms with Crippen molar-refractivity contribution in [1.29, 1.82) is 0 Å². The van der Waals surface area contributed by atoms with E-state index in [4.69, 9.17) is 0 Å². The van der Waals surface area contributed by atoms with Crippen LogP contribution in [0.3, 0.4) is 0 Å². The minimum atomic E-state index is -4.42. The Kier molecular flexibility index (Phi) is 5.15. The summed E-state index contributed by atoms with van der Waals surface area (Å²) < 4.78 is 52.0. The molecule has 5 nitrogen and oxygen atoms in total. The van der Waals surface area contributed by atoms with Crippen molar-refractivity contribution >= 4 is 32.4 Å². The van der Waals surface area contributed by atoms with Crippen LogP contribution in [-0.4, -0.2) is 16.8 Å². The van der Waals surface area contributed by atoms with Gasteiger partial charge in [0, 0.05) is 0 Å². The third-order valence-electron chi connectivity index (χ3n) is 2.82. The van der Waals surface area contributed by atoms with Crippen molar-refractivity contribution in [3.05, 3.63) is 77.7 Å². The van der Waals surface area contributed by atoms with E-state index in [1.807, 2.05) is 0 Å². The van der Waals surface area contributed by atoms with E-state index in [0.717, 1.165) is 0 Å². The molecule has 23 heavy (non-hydrogen) atoms. The maximum Gasteiger partial charge on any atom is 0.311 e. The molecule has 0 saturated heterocycles. The molecule has 0 fully saturated rings. The van der Waals surface area contributed by atoms with E-state index in [-0.39, 0.29) is 4.90 Å². The van der Waals surface area contributed by atoms with Gasteiger partial charge in [-0.1, -0.05) is 55.1 Å². The fourth-order valence-corrected chi connectivity index (χ4v) is 3.97. The quantitative estimate of drug-likeness (QED) is 0.800. The lowest BCUT2D eigenvalue weighted by atomic mass is 10.2. The molecule has 7 heteroatoms. The van der Waals surface area contributed by atoms with Crippen LogP contribution in [0.5, 0.6) is 0 Å². The van der Waals surface area contributed by atoms with Crippen molar-refractivity contribution in [3.63, 3.8) is 0 Å². The van der Waals surface area contributed by atoms with E-state index >= 15 is 0 Å². The van der Waals surface area contributed by atoms with Crippen LogP contribution < -0.4 is 0 Å². The van der Waals surface area contributed by atoms with Crippen molar-refractivity contribution < 1.29 is 20.5 Å². The van der Waals surface area contributed by atoms with E-state index in [1.54, 1.807) is 30.3 Å². The van der Waals surface area contributed by atoms with Gasteiger partial charge < -0.3 is 0 Å². The van der Waals surface area contributed by atoms with Gasteiger partial charge in [-0.05, 0) is 29.3 Å². The topological polar surface area (TPSA) is 77.5 Å². The van der Waals surface area contributed by atoms with Gasteiger partial charge in [0.05, 0.1) is 10.3 Å². The van der Waals surface area contributed by atoms with Gasteiger partial charge in [0.25, 0.3) is 0 Å². The lowest BCUT2D eigenvalue weighted by Gasteiger charge is -2.04. The molecule has 0 saturated carbocycles. The molecule has 0 aromatic heterocycles. The van der Waals surface area contributed by atoms with Gasteiger partial charge in [0.1, 0.15) is 0 Å². The van der Waals surface area contributed by atoms with Crippen molar-refractivity contribution in [1.82, 2.24) is 0 Å². The maximum atomic E-state index is 12.0. The molecule has 120 valence electrons. The van der Waals surface area contributed by atoms with Crippen molar-refractivity contribution in [3.8, 4) is 0 Å². The molecule has 0 unspecified atom stereocenters. The number of rotatable bonds is 6. The molecule has 0 bridgehead atoms. The molecule has 0 heterocycles. The van der Waals surface area contributed by atoms with Crippen molar-refractivity contribution in [2.75, 3.05) is 0 Å². The number of hydrogen-bond donors (Lipinski definition) is 0. The molecule has 2 aromatic rings. The van der Waals surface area contributed by atoms with Crippen LogP contribution in [0.25, 0.3) is 12.2 Å². The summed E-state index contributed by atoms with van der Waals surface area (Å²) in [5.74, 6) is 0. The first-order chi connectivity index (χ1) is 10.8. The largest absolute Gasteiger partial charge is 0.311 e. The minimum Gasteiger partial charge on any atom is -0.193 e. The average Bonchev–Trinajstić information content (AvgIpc) is 2.53.